The highest BCUT2D eigenvalue weighted by molar-refractivity contribution is 5.90. The van der Waals surface area contributed by atoms with Crippen molar-refractivity contribution in [3.05, 3.63) is 65.1 Å². The maximum Gasteiger partial charge on any atom is 0.416 e. The number of fused-ring (bicyclic) bond motifs is 1. The Morgan fingerprint density at radius 1 is 1.04 bits per heavy atom. The number of pyridine rings is 1. The van der Waals surface area contributed by atoms with Crippen molar-refractivity contribution >= 4 is 23.7 Å². The molecule has 1 N–H and O–H groups in total. The number of aliphatic carboxylic acids is 1. The lowest BCUT2D eigenvalue weighted by atomic mass is 9.92. The second-order valence-electron chi connectivity index (χ2n) is 11.4. The molecule has 3 heterocycles. The number of carboxylic acid groups (broad SMARTS) is 1. The number of hydrogen-bond acceptors (Lipinski definition) is 10. The molecule has 4 rings (SSSR count). The monoisotopic (exact) mass is 724 g/mol. The molecule has 1 aliphatic rings. The zero-order valence-electron chi connectivity index (χ0n) is 27.5. The lowest BCUT2D eigenvalue weighted by Gasteiger charge is -2.43. The molecule has 3 aromatic rings. The largest absolute Gasteiger partial charge is 0.490 e. The first-order valence-electron chi connectivity index (χ1n) is 15.8. The molecule has 1 amide bonds. The number of hydrogen-bond donors (Lipinski definition) is 1. The molecule has 1 unspecified atom stereocenters. The summed E-state index contributed by atoms with van der Waals surface area (Å²) in [5.41, 5.74) is -2.95. The van der Waals surface area contributed by atoms with Crippen LogP contribution in [0.1, 0.15) is 73.9 Å². The molecule has 18 heteroatoms. The number of unbranched alkanes of at least 4 members (excludes halogenated alkanes) is 1. The van der Waals surface area contributed by atoms with Gasteiger partial charge < -0.3 is 24.2 Å². The first kappa shape index (κ1) is 38.5. The van der Waals surface area contributed by atoms with Crippen LogP contribution in [0, 0.1) is 11.3 Å². The molecule has 1 aliphatic heterocycles. The third kappa shape index (κ3) is 9.89. The molecule has 1 aromatic carbocycles. The van der Waals surface area contributed by atoms with E-state index >= 15 is 0 Å². The predicted octanol–water partition coefficient (Wildman–Crippen LogP) is 7.34. The van der Waals surface area contributed by atoms with Gasteiger partial charge in [0.1, 0.15) is 0 Å². The zero-order valence-corrected chi connectivity index (χ0v) is 27.5. The number of carbonyl (C=O) groups excluding carboxylic acids is 1. The van der Waals surface area contributed by atoms with Gasteiger partial charge in [-0.3, -0.25) is 9.69 Å². The normalized spacial score (nSPS) is 15.8. The predicted molar refractivity (Wildman–Crippen MR) is 168 cm³/mol. The molecule has 2 aromatic heterocycles. The number of ether oxygens (including phenoxy) is 3. The van der Waals surface area contributed by atoms with E-state index in [0.29, 0.717) is 25.0 Å². The molecule has 274 valence electrons. The average Bonchev–Trinajstić information content (AvgIpc) is 3.09. The molecule has 0 aliphatic carbocycles. The zero-order chi connectivity index (χ0) is 37.3. The number of carbonyl (C=O) groups is 2. The van der Waals surface area contributed by atoms with E-state index in [1.165, 1.54) is 41.4 Å². The number of halogens is 6. The van der Waals surface area contributed by atoms with E-state index in [1.807, 2.05) is 6.07 Å². The van der Waals surface area contributed by atoms with Crippen LogP contribution in [0.25, 0.3) is 0 Å². The third-order valence-corrected chi connectivity index (χ3v) is 7.90. The van der Waals surface area contributed by atoms with E-state index < -0.39 is 54.2 Å². The van der Waals surface area contributed by atoms with E-state index in [4.69, 9.17) is 24.6 Å². The quantitative estimate of drug-likeness (QED) is 0.131. The third-order valence-electron chi connectivity index (χ3n) is 7.90. The summed E-state index contributed by atoms with van der Waals surface area (Å²) in [6, 6.07) is 4.72. The van der Waals surface area contributed by atoms with Gasteiger partial charge in [-0.05, 0) is 55.5 Å². The second-order valence-corrected chi connectivity index (χ2v) is 11.4. The fourth-order valence-electron chi connectivity index (χ4n) is 5.51. The summed E-state index contributed by atoms with van der Waals surface area (Å²) in [6.45, 7) is 1.21. The first-order chi connectivity index (χ1) is 24.2. The van der Waals surface area contributed by atoms with Crippen LogP contribution in [0.3, 0.4) is 0 Å². The molecule has 0 bridgehead atoms. The van der Waals surface area contributed by atoms with Crippen molar-refractivity contribution in [3.8, 4) is 17.7 Å². The first-order valence-corrected chi connectivity index (χ1v) is 15.8. The number of methoxy groups -OCH3 is 1. The highest BCUT2D eigenvalue weighted by Gasteiger charge is 2.42. The van der Waals surface area contributed by atoms with Crippen LogP contribution in [0.15, 0.2) is 42.7 Å². The van der Waals surface area contributed by atoms with Crippen LogP contribution in [-0.4, -0.2) is 58.5 Å². The number of benzene rings is 1. The Morgan fingerprint density at radius 3 is 2.27 bits per heavy atom. The van der Waals surface area contributed by atoms with Crippen molar-refractivity contribution in [3.63, 3.8) is 0 Å². The van der Waals surface area contributed by atoms with Crippen molar-refractivity contribution in [1.82, 2.24) is 15.0 Å². The lowest BCUT2D eigenvalue weighted by Crippen LogP contribution is -2.48. The summed E-state index contributed by atoms with van der Waals surface area (Å²) in [5.74, 6) is -0.847. The van der Waals surface area contributed by atoms with Gasteiger partial charge in [-0.1, -0.05) is 6.92 Å². The van der Waals surface area contributed by atoms with Crippen molar-refractivity contribution in [2.45, 2.75) is 76.4 Å². The van der Waals surface area contributed by atoms with E-state index in [1.54, 1.807) is 6.92 Å². The van der Waals surface area contributed by atoms with Crippen molar-refractivity contribution in [1.29, 1.82) is 5.26 Å². The van der Waals surface area contributed by atoms with Gasteiger partial charge in [0.05, 0.1) is 67.3 Å². The molecular weight excluding hydrogens is 690 g/mol. The van der Waals surface area contributed by atoms with Gasteiger partial charge in [-0.25, -0.2) is 19.7 Å². The number of carboxylic acids is 1. The summed E-state index contributed by atoms with van der Waals surface area (Å²) in [5, 5.41) is 17.7. The Hall–Kier alpha value is -5.34. The van der Waals surface area contributed by atoms with Gasteiger partial charge in [0.25, 0.3) is 0 Å². The Labute approximate surface area is 288 Å². The van der Waals surface area contributed by atoms with Crippen molar-refractivity contribution < 1.29 is 55.2 Å². The fourth-order valence-corrected chi connectivity index (χ4v) is 5.51. The Morgan fingerprint density at radius 2 is 1.71 bits per heavy atom. The van der Waals surface area contributed by atoms with E-state index in [-0.39, 0.29) is 79.5 Å². The molecule has 2 atom stereocenters. The van der Waals surface area contributed by atoms with Crippen molar-refractivity contribution in [2.24, 2.45) is 0 Å². The van der Waals surface area contributed by atoms with Crippen LogP contribution < -0.4 is 19.3 Å². The molecule has 0 saturated heterocycles. The van der Waals surface area contributed by atoms with E-state index in [9.17, 15) is 35.9 Å². The fraction of sp³-hybridized carbons (Fsp3) is 0.455. The lowest BCUT2D eigenvalue weighted by molar-refractivity contribution is -0.143. The van der Waals surface area contributed by atoms with Gasteiger partial charge in [-0.15, -0.1) is 0 Å². The maximum absolute atomic E-state index is 13.9. The summed E-state index contributed by atoms with van der Waals surface area (Å²) in [7, 11) is 1.34. The van der Waals surface area contributed by atoms with Gasteiger partial charge in [0.15, 0.2) is 5.75 Å². The Bertz CT molecular complexity index is 1680. The van der Waals surface area contributed by atoms with Crippen LogP contribution in [-0.2, 0) is 28.4 Å². The summed E-state index contributed by atoms with van der Waals surface area (Å²) in [6.07, 6.45) is -7.53. The number of aromatic nitrogens is 3. The minimum absolute atomic E-state index is 0.0399. The number of rotatable bonds is 14. The van der Waals surface area contributed by atoms with Crippen LogP contribution in [0.2, 0.25) is 0 Å². The van der Waals surface area contributed by atoms with Crippen LogP contribution in [0.5, 0.6) is 11.6 Å². The Kier molecular flexibility index (Phi) is 12.5. The molecule has 51 heavy (non-hydrogen) atoms. The average molecular weight is 725 g/mol. The number of anilines is 2. The summed E-state index contributed by atoms with van der Waals surface area (Å²) < 4.78 is 99.4. The topological polar surface area (TPSA) is 151 Å². The highest BCUT2D eigenvalue weighted by Crippen LogP contribution is 2.44. The highest BCUT2D eigenvalue weighted by atomic mass is 19.4. The minimum atomic E-state index is -5.09. The minimum Gasteiger partial charge on any atom is -0.490 e. The number of amides is 1. The summed E-state index contributed by atoms with van der Waals surface area (Å²) in [4.78, 5) is 40.3. The van der Waals surface area contributed by atoms with Gasteiger partial charge in [-0.2, -0.15) is 31.6 Å². The number of nitrogens with zero attached hydrogens (tertiary/aromatic N) is 6. The maximum atomic E-state index is 13.9. The Balaban J connectivity index is 1.83. The molecule has 0 saturated carbocycles. The molecule has 0 spiro atoms. The summed E-state index contributed by atoms with van der Waals surface area (Å²) >= 11 is 0. The number of alkyl halides is 6. The molecule has 12 nitrogen and oxygen atoms in total. The van der Waals surface area contributed by atoms with Gasteiger partial charge >= 0.3 is 24.4 Å². The SMILES string of the molecule is CC[C@@H]1CC(N(Cc2cc(C(F)(F)F)cc(C(F)(F)F)c2)c2ncc(OCCCC#N)cn2)c2nc(OC)ccc2N1C(=O)OCCCC(=O)O. The molecule has 0 fully saturated rings. The van der Waals surface area contributed by atoms with Gasteiger partial charge in [0.2, 0.25) is 11.8 Å². The van der Waals surface area contributed by atoms with Crippen LogP contribution >= 0.6 is 0 Å². The number of nitriles is 1. The van der Waals surface area contributed by atoms with Gasteiger partial charge in [0, 0.05) is 31.5 Å². The van der Waals surface area contributed by atoms with E-state index in [2.05, 4.69) is 15.0 Å². The second kappa shape index (κ2) is 16.6. The molecule has 0 radical (unpaired) electrons. The van der Waals surface area contributed by atoms with Crippen LogP contribution in [0.4, 0.5) is 42.8 Å². The van der Waals surface area contributed by atoms with Crippen molar-refractivity contribution in [2.75, 3.05) is 30.1 Å². The molecular formula is C33H34F6N6O6. The standard InChI is InChI=1S/C33H34F6N6O6/c1-3-23-16-26(29-25(8-9-27(43-29)49-2)45(23)31(48)51-12-6-7-28(46)47)44(30-41-17-24(18-42-30)50-11-5-4-10-40)19-20-13-21(32(34,35)36)15-22(14-20)33(37,38)39/h8-9,13-15,17-18,23,26H,3-7,11-12,16,19H2,1-2H3,(H,46,47)/t23-,26?/m1/s1. The van der Waals surface area contributed by atoms with E-state index in [0.717, 1.165) is 0 Å². The smallest absolute Gasteiger partial charge is 0.416 e.